The minimum atomic E-state index is -3.75. The van der Waals surface area contributed by atoms with Gasteiger partial charge in [0.15, 0.2) is 19.7 Å². The van der Waals surface area contributed by atoms with E-state index in [0.717, 1.165) is 21.9 Å². The van der Waals surface area contributed by atoms with Crippen LogP contribution in [0.2, 0.25) is 0 Å². The molecule has 0 N–H and O–H groups in total. The monoisotopic (exact) mass is 562 g/mol. The first-order valence-corrected chi connectivity index (χ1v) is 15.3. The van der Waals surface area contributed by atoms with Gasteiger partial charge >= 0.3 is 11.9 Å². The number of carbonyl (C=O) groups excluding carboxylic acids is 2. The smallest absolute Gasteiger partial charge is 0.334 e. The second kappa shape index (κ2) is 14.1. The molecule has 0 saturated heterocycles. The average molecular weight is 563 g/mol. The summed E-state index contributed by atoms with van der Waals surface area (Å²) in [4.78, 5) is 24.5. The Hall–Kier alpha value is -3.24. The number of carbonyl (C=O) groups is 2. The summed E-state index contributed by atoms with van der Waals surface area (Å²) in [5.41, 5.74) is 1.84. The lowest BCUT2D eigenvalue weighted by atomic mass is 10.2. The molecular weight excluding hydrogens is 528 g/mol. The van der Waals surface area contributed by atoms with Crippen molar-refractivity contribution in [1.29, 1.82) is 0 Å². The van der Waals surface area contributed by atoms with Gasteiger partial charge in [-0.3, -0.25) is 0 Å². The van der Waals surface area contributed by atoms with Gasteiger partial charge in [0.25, 0.3) is 0 Å². The maximum atomic E-state index is 12.4. The lowest BCUT2D eigenvalue weighted by Gasteiger charge is -2.07. The van der Waals surface area contributed by atoms with Crippen molar-refractivity contribution in [3.8, 4) is 0 Å². The molecule has 10 heteroatoms. The van der Waals surface area contributed by atoms with Crippen molar-refractivity contribution in [3.05, 3.63) is 81.6 Å². The minimum Gasteiger partial charge on any atom is -0.462 e. The Morgan fingerprint density at radius 2 is 0.921 bits per heavy atom. The highest BCUT2D eigenvalue weighted by Gasteiger charge is 2.16. The van der Waals surface area contributed by atoms with Gasteiger partial charge in [0.05, 0.1) is 23.0 Å². The highest BCUT2D eigenvalue weighted by atomic mass is 32.2. The van der Waals surface area contributed by atoms with E-state index in [1.54, 1.807) is 24.3 Å². The maximum Gasteiger partial charge on any atom is 0.334 e. The summed E-state index contributed by atoms with van der Waals surface area (Å²) >= 11 is 0. The lowest BCUT2D eigenvalue weighted by molar-refractivity contribution is -0.140. The zero-order chi connectivity index (χ0) is 28.3. The molecule has 0 aliphatic heterocycles. The van der Waals surface area contributed by atoms with Crippen molar-refractivity contribution >= 4 is 31.6 Å². The van der Waals surface area contributed by atoms with E-state index in [4.69, 9.17) is 9.47 Å². The largest absolute Gasteiger partial charge is 0.462 e. The average Bonchev–Trinajstić information content (AvgIpc) is 2.85. The van der Waals surface area contributed by atoms with Crippen molar-refractivity contribution in [2.45, 2.75) is 63.2 Å². The van der Waals surface area contributed by atoms with Gasteiger partial charge in [-0.05, 0) is 77.6 Å². The van der Waals surface area contributed by atoms with Crippen LogP contribution in [0.25, 0.3) is 0 Å². The van der Waals surface area contributed by atoms with Crippen molar-refractivity contribution < 1.29 is 35.9 Å². The van der Waals surface area contributed by atoms with Crippen LogP contribution in [0, 0.1) is 13.8 Å². The standard InChI is InChI=1S/C28H34O8S2/c1-21-9-13-25(14-10-21)37(31,32)19-23(3)27(29)35-17-7-5-6-8-18-36-28(30)24(4)20-38(33,34)26-15-11-22(2)12-16-26/h9-16,19-20H,5-8,17-18H2,1-4H3/b23-19+,24-20+. The highest BCUT2D eigenvalue weighted by molar-refractivity contribution is 7.94. The van der Waals surface area contributed by atoms with Crippen molar-refractivity contribution in [1.82, 2.24) is 0 Å². The number of sulfone groups is 2. The molecule has 8 nitrogen and oxygen atoms in total. The first-order valence-electron chi connectivity index (χ1n) is 12.2. The van der Waals surface area contributed by atoms with E-state index in [1.807, 2.05) is 13.8 Å². The van der Waals surface area contributed by atoms with Gasteiger partial charge in [0, 0.05) is 22.0 Å². The predicted molar refractivity (Wildman–Crippen MR) is 145 cm³/mol. The van der Waals surface area contributed by atoms with Crippen LogP contribution in [-0.4, -0.2) is 42.0 Å². The zero-order valence-electron chi connectivity index (χ0n) is 22.1. The summed E-state index contributed by atoms with van der Waals surface area (Å²) < 4.78 is 60.0. The van der Waals surface area contributed by atoms with Crippen LogP contribution >= 0.6 is 0 Å². The summed E-state index contributed by atoms with van der Waals surface area (Å²) in [7, 11) is -7.50. The quantitative estimate of drug-likeness (QED) is 0.190. The maximum absolute atomic E-state index is 12.4. The molecule has 0 bridgehead atoms. The van der Waals surface area contributed by atoms with Crippen LogP contribution in [-0.2, 0) is 38.7 Å². The van der Waals surface area contributed by atoms with Gasteiger partial charge in [0.1, 0.15) is 0 Å². The number of hydrogen-bond acceptors (Lipinski definition) is 8. The van der Waals surface area contributed by atoms with E-state index < -0.39 is 31.6 Å². The van der Waals surface area contributed by atoms with E-state index in [1.165, 1.54) is 38.1 Å². The molecule has 206 valence electrons. The Kier molecular flexibility index (Phi) is 11.5. The first-order chi connectivity index (χ1) is 17.8. The molecular formula is C28H34O8S2. The van der Waals surface area contributed by atoms with Crippen LogP contribution in [0.15, 0.2) is 80.3 Å². The zero-order valence-corrected chi connectivity index (χ0v) is 23.7. The Morgan fingerprint density at radius 3 is 1.24 bits per heavy atom. The van der Waals surface area contributed by atoms with Gasteiger partial charge in [0.2, 0.25) is 0 Å². The van der Waals surface area contributed by atoms with Gasteiger partial charge < -0.3 is 9.47 Å². The van der Waals surface area contributed by atoms with Crippen molar-refractivity contribution in [2.75, 3.05) is 13.2 Å². The van der Waals surface area contributed by atoms with Crippen LogP contribution < -0.4 is 0 Å². The molecule has 2 aromatic rings. The normalized spacial score (nSPS) is 12.7. The fourth-order valence-electron chi connectivity index (χ4n) is 3.27. The third kappa shape index (κ3) is 9.90. The van der Waals surface area contributed by atoms with Crippen molar-refractivity contribution in [3.63, 3.8) is 0 Å². The molecule has 0 unspecified atom stereocenters. The molecule has 0 aliphatic rings. The molecule has 0 saturated carbocycles. The topological polar surface area (TPSA) is 121 Å². The summed E-state index contributed by atoms with van der Waals surface area (Å²) in [6.07, 6.45) is 2.52. The molecule has 0 aliphatic carbocycles. The minimum absolute atomic E-state index is 0.00898. The number of rotatable bonds is 13. The fraction of sp³-hybridized carbons (Fsp3) is 0.357. The lowest BCUT2D eigenvalue weighted by Crippen LogP contribution is -2.10. The molecule has 0 fully saturated rings. The molecule has 0 amide bonds. The van der Waals surface area contributed by atoms with E-state index >= 15 is 0 Å². The second-order valence-electron chi connectivity index (χ2n) is 9.00. The number of hydrogen-bond donors (Lipinski definition) is 0. The molecule has 0 heterocycles. The second-order valence-corrected chi connectivity index (χ2v) is 12.6. The van der Waals surface area contributed by atoms with Crippen LogP contribution in [0.4, 0.5) is 0 Å². The molecule has 2 aromatic carbocycles. The molecule has 38 heavy (non-hydrogen) atoms. The molecule has 0 atom stereocenters. The van der Waals surface area contributed by atoms with Gasteiger partial charge in [-0.2, -0.15) is 0 Å². The van der Waals surface area contributed by atoms with Gasteiger partial charge in [-0.15, -0.1) is 0 Å². The Balaban J connectivity index is 1.68. The predicted octanol–water partition coefficient (Wildman–Crippen LogP) is 5.01. The first kappa shape index (κ1) is 31.0. The van der Waals surface area contributed by atoms with Gasteiger partial charge in [-0.1, -0.05) is 35.4 Å². The van der Waals surface area contributed by atoms with Crippen LogP contribution in [0.3, 0.4) is 0 Å². The van der Waals surface area contributed by atoms with Gasteiger partial charge in [-0.25, -0.2) is 26.4 Å². The third-order valence-electron chi connectivity index (χ3n) is 5.51. The summed E-state index contributed by atoms with van der Waals surface area (Å²) in [6, 6.07) is 12.7. The Morgan fingerprint density at radius 1 is 0.605 bits per heavy atom. The molecule has 2 rings (SSSR count). The van der Waals surface area contributed by atoms with E-state index in [9.17, 15) is 26.4 Å². The number of unbranched alkanes of at least 4 members (excludes halogenated alkanes) is 3. The summed E-state index contributed by atoms with van der Waals surface area (Å²) in [5, 5.41) is 1.83. The molecule has 0 aromatic heterocycles. The number of esters is 2. The molecule has 0 radical (unpaired) electrons. The van der Waals surface area contributed by atoms with Crippen molar-refractivity contribution in [2.24, 2.45) is 0 Å². The number of benzene rings is 2. The van der Waals surface area contributed by atoms with E-state index in [0.29, 0.717) is 25.7 Å². The summed E-state index contributed by atoms with van der Waals surface area (Å²) in [5.74, 6) is -1.39. The fourth-order valence-corrected chi connectivity index (χ4v) is 5.70. The molecule has 0 spiro atoms. The summed E-state index contributed by atoms with van der Waals surface area (Å²) in [6.45, 7) is 6.75. The third-order valence-corrected chi connectivity index (χ3v) is 8.70. The Labute approximate surface area is 225 Å². The number of ether oxygens (including phenoxy) is 2. The Bertz CT molecular complexity index is 1270. The van der Waals surface area contributed by atoms with E-state index in [-0.39, 0.29) is 34.2 Å². The van der Waals surface area contributed by atoms with E-state index in [2.05, 4.69) is 0 Å². The van der Waals surface area contributed by atoms with Crippen LogP contribution in [0.1, 0.15) is 50.7 Å². The van der Waals surface area contributed by atoms with Crippen LogP contribution in [0.5, 0.6) is 0 Å². The highest BCUT2D eigenvalue weighted by Crippen LogP contribution is 2.17. The number of aryl methyl sites for hydroxylation is 2. The SMILES string of the molecule is C/C(=C\S(=O)(=O)c1ccc(C)cc1)C(=O)OCCCCCCOC(=O)/C(C)=C/S(=O)(=O)c1ccc(C)cc1.